The Labute approximate surface area is 165 Å². The lowest BCUT2D eigenvalue weighted by molar-refractivity contribution is -0.134. The van der Waals surface area contributed by atoms with Gasteiger partial charge in [0.15, 0.2) is 0 Å². The van der Waals surface area contributed by atoms with Gasteiger partial charge in [0.2, 0.25) is 11.8 Å². The second-order valence-corrected chi connectivity index (χ2v) is 7.74. The highest BCUT2D eigenvalue weighted by Gasteiger charge is 2.25. The Morgan fingerprint density at radius 2 is 1.52 bits per heavy atom. The first-order valence-corrected chi connectivity index (χ1v) is 10.1. The van der Waals surface area contributed by atoms with Gasteiger partial charge in [-0.3, -0.25) is 14.5 Å². The number of likely N-dealkylation sites (tertiary alicyclic amines) is 1. The summed E-state index contributed by atoms with van der Waals surface area (Å²) in [6.45, 7) is 4.57. The second-order valence-electron chi connectivity index (χ2n) is 7.33. The number of rotatable bonds is 4. The molecule has 2 fully saturated rings. The highest BCUT2D eigenvalue weighted by molar-refractivity contribution is 6.31. The molecule has 1 aromatic carbocycles. The van der Waals surface area contributed by atoms with Crippen LogP contribution in [0.25, 0.3) is 0 Å². The number of benzene rings is 1. The Morgan fingerprint density at radius 3 is 2.15 bits per heavy atom. The van der Waals surface area contributed by atoms with E-state index in [9.17, 15) is 14.0 Å². The van der Waals surface area contributed by atoms with Gasteiger partial charge in [0, 0.05) is 49.9 Å². The molecule has 2 aliphatic rings. The third kappa shape index (κ3) is 5.42. The second kappa shape index (κ2) is 9.51. The van der Waals surface area contributed by atoms with Crippen molar-refractivity contribution < 1.29 is 14.0 Å². The van der Waals surface area contributed by atoms with Crippen molar-refractivity contribution >= 4 is 23.4 Å². The number of hydrogen-bond donors (Lipinski definition) is 0. The van der Waals surface area contributed by atoms with E-state index in [1.54, 1.807) is 11.0 Å². The van der Waals surface area contributed by atoms with Crippen LogP contribution in [0.1, 0.15) is 31.2 Å². The predicted molar refractivity (Wildman–Crippen MR) is 103 cm³/mol. The van der Waals surface area contributed by atoms with E-state index < -0.39 is 5.82 Å². The third-order valence-corrected chi connectivity index (χ3v) is 5.79. The predicted octanol–water partition coefficient (Wildman–Crippen LogP) is 2.57. The molecule has 2 amide bonds. The van der Waals surface area contributed by atoms with Gasteiger partial charge in [-0.25, -0.2) is 4.39 Å². The Bertz CT molecular complexity index is 649. The summed E-state index contributed by atoms with van der Waals surface area (Å²) in [6.07, 6.45) is 4.56. The topological polar surface area (TPSA) is 43.9 Å². The molecule has 0 saturated carbocycles. The fourth-order valence-corrected chi connectivity index (χ4v) is 3.96. The summed E-state index contributed by atoms with van der Waals surface area (Å²) in [5.74, 6) is -0.382. The molecule has 3 rings (SSSR count). The highest BCUT2D eigenvalue weighted by Crippen LogP contribution is 2.20. The smallest absolute Gasteiger partial charge is 0.236 e. The Hall–Kier alpha value is -1.66. The number of halogens is 2. The number of hydrogen-bond acceptors (Lipinski definition) is 3. The van der Waals surface area contributed by atoms with E-state index in [2.05, 4.69) is 4.90 Å². The van der Waals surface area contributed by atoms with Crippen molar-refractivity contribution in [1.82, 2.24) is 14.7 Å². The molecular weight excluding hydrogens is 369 g/mol. The van der Waals surface area contributed by atoms with Gasteiger partial charge in [-0.15, -0.1) is 0 Å². The zero-order chi connectivity index (χ0) is 19.2. The van der Waals surface area contributed by atoms with E-state index in [1.807, 2.05) is 4.90 Å². The summed E-state index contributed by atoms with van der Waals surface area (Å²) in [5, 5.41) is 0.282. The molecule has 0 spiro atoms. The van der Waals surface area contributed by atoms with Crippen LogP contribution in [-0.4, -0.2) is 72.3 Å². The van der Waals surface area contributed by atoms with Crippen molar-refractivity contribution in [3.63, 3.8) is 0 Å². The molecule has 1 aromatic rings. The van der Waals surface area contributed by atoms with Crippen molar-refractivity contribution in [3.8, 4) is 0 Å². The van der Waals surface area contributed by atoms with Gasteiger partial charge in [0.05, 0.1) is 13.0 Å². The van der Waals surface area contributed by atoms with Crippen molar-refractivity contribution in [3.05, 3.63) is 34.6 Å². The molecule has 148 valence electrons. The SMILES string of the molecule is O=C(Cc1c(F)cccc1Cl)N1CCN(CC(=O)N2CCCCCC2)CC1. The molecule has 0 atom stereocenters. The Kier molecular flexibility index (Phi) is 7.07. The monoisotopic (exact) mass is 395 g/mol. The van der Waals surface area contributed by atoms with Crippen LogP contribution in [0.3, 0.4) is 0 Å². The van der Waals surface area contributed by atoms with Crippen molar-refractivity contribution in [2.24, 2.45) is 0 Å². The molecule has 2 saturated heterocycles. The molecule has 5 nitrogen and oxygen atoms in total. The molecule has 0 aliphatic carbocycles. The van der Waals surface area contributed by atoms with Crippen molar-refractivity contribution in [2.45, 2.75) is 32.1 Å². The quantitative estimate of drug-likeness (QED) is 0.787. The highest BCUT2D eigenvalue weighted by atomic mass is 35.5. The first-order chi connectivity index (χ1) is 13.0. The molecule has 0 aromatic heterocycles. The van der Waals surface area contributed by atoms with E-state index in [-0.39, 0.29) is 28.8 Å². The summed E-state index contributed by atoms with van der Waals surface area (Å²) in [4.78, 5) is 30.8. The summed E-state index contributed by atoms with van der Waals surface area (Å²) in [5.41, 5.74) is 0.253. The van der Waals surface area contributed by atoms with Crippen LogP contribution < -0.4 is 0 Å². The van der Waals surface area contributed by atoms with Crippen LogP contribution in [0.15, 0.2) is 18.2 Å². The molecule has 27 heavy (non-hydrogen) atoms. The molecule has 0 unspecified atom stereocenters. The largest absolute Gasteiger partial charge is 0.342 e. The van der Waals surface area contributed by atoms with Gasteiger partial charge in [0.25, 0.3) is 0 Å². The maximum atomic E-state index is 13.9. The number of carbonyl (C=O) groups is 2. The number of piperazine rings is 1. The van der Waals surface area contributed by atoms with E-state index in [0.717, 1.165) is 25.9 Å². The molecule has 2 heterocycles. The lowest BCUT2D eigenvalue weighted by atomic mass is 10.1. The maximum absolute atomic E-state index is 13.9. The zero-order valence-electron chi connectivity index (χ0n) is 15.6. The molecule has 0 bridgehead atoms. The fourth-order valence-electron chi connectivity index (χ4n) is 3.73. The summed E-state index contributed by atoms with van der Waals surface area (Å²) in [6, 6.07) is 4.45. The third-order valence-electron chi connectivity index (χ3n) is 5.43. The summed E-state index contributed by atoms with van der Waals surface area (Å²) in [7, 11) is 0. The first-order valence-electron chi connectivity index (χ1n) is 9.75. The summed E-state index contributed by atoms with van der Waals surface area (Å²) < 4.78 is 13.9. The van der Waals surface area contributed by atoms with E-state index in [1.165, 1.54) is 25.0 Å². The van der Waals surface area contributed by atoms with E-state index >= 15 is 0 Å². The van der Waals surface area contributed by atoms with Gasteiger partial charge in [0.1, 0.15) is 5.82 Å². The lowest BCUT2D eigenvalue weighted by Crippen LogP contribution is -2.52. The molecular formula is C20H27ClFN3O2. The maximum Gasteiger partial charge on any atom is 0.236 e. The van der Waals surface area contributed by atoms with Crippen LogP contribution in [-0.2, 0) is 16.0 Å². The summed E-state index contributed by atoms with van der Waals surface area (Å²) >= 11 is 6.02. The zero-order valence-corrected chi connectivity index (χ0v) is 16.4. The van der Waals surface area contributed by atoms with Gasteiger partial charge < -0.3 is 9.80 Å². The molecule has 0 radical (unpaired) electrons. The average molecular weight is 396 g/mol. The number of nitrogens with zero attached hydrogens (tertiary/aromatic N) is 3. The van der Waals surface area contributed by atoms with Crippen LogP contribution in [0, 0.1) is 5.82 Å². The normalized spacial score (nSPS) is 19.0. The lowest BCUT2D eigenvalue weighted by Gasteiger charge is -2.35. The minimum atomic E-state index is -0.447. The molecule has 7 heteroatoms. The van der Waals surface area contributed by atoms with Crippen LogP contribution in [0.4, 0.5) is 4.39 Å². The minimum absolute atomic E-state index is 0.0295. The first kappa shape index (κ1) is 20.1. The molecule has 0 N–H and O–H groups in total. The van der Waals surface area contributed by atoms with Gasteiger partial charge in [-0.1, -0.05) is 30.5 Å². The fraction of sp³-hybridized carbons (Fsp3) is 0.600. The van der Waals surface area contributed by atoms with Gasteiger partial charge >= 0.3 is 0 Å². The van der Waals surface area contributed by atoms with Gasteiger partial charge in [-0.2, -0.15) is 0 Å². The van der Waals surface area contributed by atoms with Crippen molar-refractivity contribution in [1.29, 1.82) is 0 Å². The standard InChI is InChI=1S/C20H27ClFN3O2/c21-17-6-5-7-18(22)16(17)14-19(26)25-12-10-23(11-13-25)15-20(27)24-8-3-1-2-4-9-24/h5-7H,1-4,8-15H2. The van der Waals surface area contributed by atoms with Crippen LogP contribution in [0.5, 0.6) is 0 Å². The van der Waals surface area contributed by atoms with E-state index in [0.29, 0.717) is 32.7 Å². The molecule has 2 aliphatic heterocycles. The van der Waals surface area contributed by atoms with Gasteiger partial charge in [-0.05, 0) is 25.0 Å². The van der Waals surface area contributed by atoms with Crippen LogP contribution in [0.2, 0.25) is 5.02 Å². The van der Waals surface area contributed by atoms with Crippen LogP contribution >= 0.6 is 11.6 Å². The Balaban J connectivity index is 1.47. The minimum Gasteiger partial charge on any atom is -0.342 e. The van der Waals surface area contributed by atoms with Crippen molar-refractivity contribution in [2.75, 3.05) is 45.8 Å². The average Bonchev–Trinajstić information content (AvgIpc) is 2.95. The Morgan fingerprint density at radius 1 is 0.889 bits per heavy atom. The number of amides is 2. The van der Waals surface area contributed by atoms with E-state index in [4.69, 9.17) is 11.6 Å². The number of carbonyl (C=O) groups excluding carboxylic acids is 2.